The average molecular weight is 471 g/mol. The number of nitrogens with two attached hydrogens (primary N) is 1. The predicted molar refractivity (Wildman–Crippen MR) is 125 cm³/mol. The van der Waals surface area contributed by atoms with Crippen LogP contribution in [-0.4, -0.2) is 73.6 Å². The molecule has 2 amide bonds. The van der Waals surface area contributed by atoms with E-state index in [-0.39, 0.29) is 22.6 Å². The summed E-state index contributed by atoms with van der Waals surface area (Å²) >= 11 is 0. The maximum absolute atomic E-state index is 13.3. The quantitative estimate of drug-likeness (QED) is 0.690. The van der Waals surface area contributed by atoms with E-state index in [0.29, 0.717) is 57.7 Å². The standard InChI is InChI=1S/C24H30N4O4S/c25-23(29)20-9-11-27(12-10-20)24(30)21-7-4-8-22(17-21)33(31,32)28-15-13-26(14-16-28)18-19-5-2-1-3-6-19/h1-8,17,20H,9-16,18H2,(H2,25,29). The molecule has 0 atom stereocenters. The SMILES string of the molecule is NC(=O)C1CCN(C(=O)c2cccc(S(=O)(=O)N3CCN(Cc4ccccc4)CC3)c2)CC1. The van der Waals surface area contributed by atoms with Crippen molar-refractivity contribution in [3.8, 4) is 0 Å². The van der Waals surface area contributed by atoms with E-state index >= 15 is 0 Å². The molecule has 0 spiro atoms. The molecule has 2 fully saturated rings. The number of hydrogen-bond donors (Lipinski definition) is 1. The topological polar surface area (TPSA) is 104 Å². The molecule has 0 bridgehead atoms. The van der Waals surface area contributed by atoms with Crippen LogP contribution in [0.1, 0.15) is 28.8 Å². The molecule has 176 valence electrons. The smallest absolute Gasteiger partial charge is 0.253 e. The van der Waals surface area contributed by atoms with Gasteiger partial charge in [0, 0.05) is 57.3 Å². The lowest BCUT2D eigenvalue weighted by Crippen LogP contribution is -2.48. The minimum Gasteiger partial charge on any atom is -0.369 e. The zero-order valence-electron chi connectivity index (χ0n) is 18.6. The van der Waals surface area contributed by atoms with Gasteiger partial charge >= 0.3 is 0 Å². The van der Waals surface area contributed by atoms with Crippen LogP contribution in [0.2, 0.25) is 0 Å². The molecular formula is C24H30N4O4S. The molecule has 8 nitrogen and oxygen atoms in total. The van der Waals surface area contributed by atoms with E-state index in [1.165, 1.54) is 15.9 Å². The lowest BCUT2D eigenvalue weighted by atomic mass is 9.96. The molecule has 0 aliphatic carbocycles. The zero-order chi connectivity index (χ0) is 23.4. The molecule has 2 heterocycles. The average Bonchev–Trinajstić information content (AvgIpc) is 2.85. The van der Waals surface area contributed by atoms with Crippen LogP contribution in [0.15, 0.2) is 59.5 Å². The van der Waals surface area contributed by atoms with Crippen molar-refractivity contribution in [2.75, 3.05) is 39.3 Å². The summed E-state index contributed by atoms with van der Waals surface area (Å²) in [6.45, 7) is 3.80. The second kappa shape index (κ2) is 10.0. The van der Waals surface area contributed by atoms with E-state index < -0.39 is 10.0 Å². The second-order valence-corrected chi connectivity index (χ2v) is 10.6. The van der Waals surface area contributed by atoms with Gasteiger partial charge in [0.05, 0.1) is 4.90 Å². The number of sulfonamides is 1. The van der Waals surface area contributed by atoms with Gasteiger partial charge in [-0.2, -0.15) is 4.31 Å². The number of primary amides is 1. The van der Waals surface area contributed by atoms with Gasteiger partial charge in [-0.25, -0.2) is 8.42 Å². The number of benzene rings is 2. The Balaban J connectivity index is 1.39. The summed E-state index contributed by atoms with van der Waals surface area (Å²) in [6, 6.07) is 16.4. The molecule has 4 rings (SSSR count). The van der Waals surface area contributed by atoms with Crippen LogP contribution in [0.25, 0.3) is 0 Å². The van der Waals surface area contributed by atoms with Gasteiger partial charge in [0.1, 0.15) is 0 Å². The number of amides is 2. The summed E-state index contributed by atoms with van der Waals surface area (Å²) in [5.41, 5.74) is 6.92. The molecule has 9 heteroatoms. The zero-order valence-corrected chi connectivity index (χ0v) is 19.4. The highest BCUT2D eigenvalue weighted by molar-refractivity contribution is 7.89. The fourth-order valence-electron chi connectivity index (χ4n) is 4.46. The number of hydrogen-bond acceptors (Lipinski definition) is 5. The largest absolute Gasteiger partial charge is 0.369 e. The summed E-state index contributed by atoms with van der Waals surface area (Å²) < 4.78 is 28.0. The molecule has 33 heavy (non-hydrogen) atoms. The van der Waals surface area contributed by atoms with Crippen LogP contribution in [-0.2, 0) is 21.4 Å². The summed E-state index contributed by atoms with van der Waals surface area (Å²) in [5.74, 6) is -0.761. The molecule has 0 aromatic heterocycles. The third kappa shape index (κ3) is 5.43. The molecule has 0 saturated carbocycles. The molecule has 0 radical (unpaired) electrons. The van der Waals surface area contributed by atoms with E-state index in [1.807, 2.05) is 18.2 Å². The number of nitrogens with zero attached hydrogens (tertiary/aromatic N) is 3. The summed E-state index contributed by atoms with van der Waals surface area (Å²) in [5, 5.41) is 0. The predicted octanol–water partition coefficient (Wildman–Crippen LogP) is 1.53. The van der Waals surface area contributed by atoms with Gasteiger partial charge in [-0.15, -0.1) is 0 Å². The molecule has 2 saturated heterocycles. The summed E-state index contributed by atoms with van der Waals surface area (Å²) in [7, 11) is -3.69. The Kier molecular flexibility index (Phi) is 7.11. The number of carbonyl (C=O) groups is 2. The number of carbonyl (C=O) groups excluding carboxylic acids is 2. The monoisotopic (exact) mass is 470 g/mol. The van der Waals surface area contributed by atoms with Crippen molar-refractivity contribution in [1.29, 1.82) is 0 Å². The summed E-state index contributed by atoms with van der Waals surface area (Å²) in [4.78, 5) is 28.3. The highest BCUT2D eigenvalue weighted by atomic mass is 32.2. The first-order chi connectivity index (χ1) is 15.8. The molecule has 0 unspecified atom stereocenters. The molecular weight excluding hydrogens is 440 g/mol. The molecule has 2 aliphatic rings. The van der Waals surface area contributed by atoms with Crippen molar-refractivity contribution in [2.45, 2.75) is 24.3 Å². The first-order valence-electron chi connectivity index (χ1n) is 11.3. The Labute approximate surface area is 195 Å². The third-order valence-corrected chi connectivity index (χ3v) is 8.38. The third-order valence-electron chi connectivity index (χ3n) is 6.48. The normalized spacial score (nSPS) is 18.8. The van der Waals surface area contributed by atoms with Crippen LogP contribution < -0.4 is 5.73 Å². The Morgan fingerprint density at radius 2 is 1.55 bits per heavy atom. The Hall–Kier alpha value is -2.75. The number of piperidine rings is 1. The van der Waals surface area contributed by atoms with E-state index in [9.17, 15) is 18.0 Å². The summed E-state index contributed by atoms with van der Waals surface area (Å²) in [6.07, 6.45) is 1.07. The lowest BCUT2D eigenvalue weighted by Gasteiger charge is -2.34. The van der Waals surface area contributed by atoms with Crippen molar-refractivity contribution in [3.05, 3.63) is 65.7 Å². The van der Waals surface area contributed by atoms with Crippen molar-refractivity contribution < 1.29 is 18.0 Å². The van der Waals surface area contributed by atoms with Crippen LogP contribution >= 0.6 is 0 Å². The Morgan fingerprint density at radius 3 is 2.18 bits per heavy atom. The van der Waals surface area contributed by atoms with E-state index in [2.05, 4.69) is 17.0 Å². The second-order valence-electron chi connectivity index (χ2n) is 8.66. The minimum atomic E-state index is -3.69. The van der Waals surface area contributed by atoms with Gasteiger partial charge in [0.15, 0.2) is 0 Å². The van der Waals surface area contributed by atoms with Crippen LogP contribution in [0.3, 0.4) is 0 Å². The fraction of sp³-hybridized carbons (Fsp3) is 0.417. The number of rotatable bonds is 6. The fourth-order valence-corrected chi connectivity index (χ4v) is 5.93. The van der Waals surface area contributed by atoms with Crippen molar-refractivity contribution >= 4 is 21.8 Å². The number of likely N-dealkylation sites (tertiary alicyclic amines) is 1. The van der Waals surface area contributed by atoms with E-state index in [4.69, 9.17) is 5.73 Å². The molecule has 2 aliphatic heterocycles. The lowest BCUT2D eigenvalue weighted by molar-refractivity contribution is -0.123. The van der Waals surface area contributed by atoms with Crippen LogP contribution in [0, 0.1) is 5.92 Å². The highest BCUT2D eigenvalue weighted by Crippen LogP contribution is 2.22. The molecule has 2 N–H and O–H groups in total. The van der Waals surface area contributed by atoms with E-state index in [0.717, 1.165) is 6.54 Å². The van der Waals surface area contributed by atoms with Crippen LogP contribution in [0.4, 0.5) is 0 Å². The van der Waals surface area contributed by atoms with Crippen LogP contribution in [0.5, 0.6) is 0 Å². The van der Waals surface area contributed by atoms with Gasteiger partial charge in [-0.1, -0.05) is 36.4 Å². The van der Waals surface area contributed by atoms with Gasteiger partial charge in [-0.05, 0) is 36.6 Å². The molecule has 2 aromatic carbocycles. The molecule has 2 aromatic rings. The Bertz CT molecular complexity index is 1090. The minimum absolute atomic E-state index is 0.136. The van der Waals surface area contributed by atoms with Crippen molar-refractivity contribution in [3.63, 3.8) is 0 Å². The number of piperazine rings is 1. The van der Waals surface area contributed by atoms with Gasteiger partial charge < -0.3 is 10.6 Å². The Morgan fingerprint density at radius 1 is 0.879 bits per heavy atom. The maximum Gasteiger partial charge on any atom is 0.253 e. The van der Waals surface area contributed by atoms with Crippen molar-refractivity contribution in [2.24, 2.45) is 11.7 Å². The first kappa shape index (κ1) is 23.4. The maximum atomic E-state index is 13.3. The van der Waals surface area contributed by atoms with E-state index in [1.54, 1.807) is 23.1 Å². The van der Waals surface area contributed by atoms with Gasteiger partial charge in [-0.3, -0.25) is 14.5 Å². The highest BCUT2D eigenvalue weighted by Gasteiger charge is 2.30. The van der Waals surface area contributed by atoms with Gasteiger partial charge in [0.25, 0.3) is 5.91 Å². The van der Waals surface area contributed by atoms with Gasteiger partial charge in [0.2, 0.25) is 15.9 Å². The first-order valence-corrected chi connectivity index (χ1v) is 12.7. The van der Waals surface area contributed by atoms with Crippen molar-refractivity contribution in [1.82, 2.24) is 14.1 Å².